The Labute approximate surface area is 96.7 Å². The highest BCUT2D eigenvalue weighted by Gasteiger charge is 2.01. The lowest BCUT2D eigenvalue weighted by Crippen LogP contribution is -2.12. The summed E-state index contributed by atoms with van der Waals surface area (Å²) in [6, 6.07) is 5.90. The Hall–Kier alpha value is -2.63. The van der Waals surface area contributed by atoms with E-state index in [0.717, 1.165) is 12.2 Å². The summed E-state index contributed by atoms with van der Waals surface area (Å²) in [5, 5.41) is 10.7. The van der Waals surface area contributed by atoms with Crippen LogP contribution in [0.5, 0.6) is 0 Å². The van der Waals surface area contributed by atoms with E-state index in [-0.39, 0.29) is 0 Å². The zero-order chi connectivity index (χ0) is 12.8. The summed E-state index contributed by atoms with van der Waals surface area (Å²) in [6.07, 6.45) is 1.62. The van der Waals surface area contributed by atoms with E-state index in [9.17, 15) is 14.4 Å². The molecule has 1 aromatic carbocycles. The van der Waals surface area contributed by atoms with Gasteiger partial charge in [0.05, 0.1) is 0 Å². The largest absolute Gasteiger partial charge is 0.478 e. The van der Waals surface area contributed by atoms with Crippen LogP contribution < -0.4 is 11.1 Å². The van der Waals surface area contributed by atoms with Gasteiger partial charge < -0.3 is 16.2 Å². The minimum Gasteiger partial charge on any atom is -0.478 e. The SMILES string of the molecule is NC(=O)c1ccc(NC(=O)/C=C\C(=O)O)cc1. The number of carboxylic acid groups (broad SMARTS) is 1. The number of anilines is 1. The number of nitrogens with two attached hydrogens (primary N) is 1. The average molecular weight is 234 g/mol. The van der Waals surface area contributed by atoms with E-state index in [2.05, 4.69) is 5.32 Å². The molecule has 0 unspecified atom stereocenters. The van der Waals surface area contributed by atoms with Crippen LogP contribution in [-0.2, 0) is 9.59 Å². The number of hydrogen-bond donors (Lipinski definition) is 3. The number of nitrogens with one attached hydrogen (secondary N) is 1. The Bertz CT molecular complexity index is 477. The number of aliphatic carboxylic acids is 1. The van der Waals surface area contributed by atoms with Crippen LogP contribution in [0.25, 0.3) is 0 Å². The third-order valence-corrected chi connectivity index (χ3v) is 1.81. The van der Waals surface area contributed by atoms with Gasteiger partial charge in [-0.05, 0) is 24.3 Å². The van der Waals surface area contributed by atoms with Gasteiger partial charge in [0, 0.05) is 23.4 Å². The Morgan fingerprint density at radius 2 is 1.71 bits per heavy atom. The quantitative estimate of drug-likeness (QED) is 0.653. The van der Waals surface area contributed by atoms with Crippen molar-refractivity contribution in [3.05, 3.63) is 42.0 Å². The lowest BCUT2D eigenvalue weighted by molar-refractivity contribution is -0.131. The number of carbonyl (C=O) groups excluding carboxylic acids is 2. The second-order valence-electron chi connectivity index (χ2n) is 3.10. The molecule has 1 aromatic rings. The predicted molar refractivity (Wildman–Crippen MR) is 60.4 cm³/mol. The lowest BCUT2D eigenvalue weighted by atomic mass is 10.2. The van der Waals surface area contributed by atoms with Gasteiger partial charge in [-0.2, -0.15) is 0 Å². The van der Waals surface area contributed by atoms with Crippen molar-refractivity contribution in [3.63, 3.8) is 0 Å². The number of amides is 2. The molecule has 0 fully saturated rings. The standard InChI is InChI=1S/C11H10N2O4/c12-11(17)7-1-3-8(4-2-7)13-9(14)5-6-10(15)16/h1-6H,(H2,12,17)(H,13,14)(H,15,16)/b6-5-. The molecule has 6 heteroatoms. The second kappa shape index (κ2) is 5.45. The molecule has 0 aliphatic heterocycles. The Balaban J connectivity index is 2.66. The zero-order valence-corrected chi connectivity index (χ0v) is 8.71. The molecule has 0 saturated heterocycles. The van der Waals surface area contributed by atoms with Crippen molar-refractivity contribution in [1.29, 1.82) is 0 Å². The summed E-state index contributed by atoms with van der Waals surface area (Å²) in [5.74, 6) is -2.34. The summed E-state index contributed by atoms with van der Waals surface area (Å²) in [6.45, 7) is 0. The third-order valence-electron chi connectivity index (χ3n) is 1.81. The summed E-state index contributed by atoms with van der Waals surface area (Å²) >= 11 is 0. The molecule has 88 valence electrons. The number of carboxylic acids is 1. The van der Waals surface area contributed by atoms with Gasteiger partial charge in [-0.1, -0.05) is 0 Å². The fourth-order valence-electron chi connectivity index (χ4n) is 1.05. The van der Waals surface area contributed by atoms with Crippen molar-refractivity contribution in [2.24, 2.45) is 5.73 Å². The second-order valence-corrected chi connectivity index (χ2v) is 3.10. The molecule has 17 heavy (non-hydrogen) atoms. The Morgan fingerprint density at radius 1 is 1.12 bits per heavy atom. The number of hydrogen-bond acceptors (Lipinski definition) is 3. The van der Waals surface area contributed by atoms with Crippen LogP contribution in [0.3, 0.4) is 0 Å². The fourth-order valence-corrected chi connectivity index (χ4v) is 1.05. The van der Waals surface area contributed by atoms with Crippen molar-refractivity contribution in [3.8, 4) is 0 Å². The summed E-state index contributed by atoms with van der Waals surface area (Å²) in [7, 11) is 0. The van der Waals surface area contributed by atoms with Gasteiger partial charge in [0.2, 0.25) is 11.8 Å². The Morgan fingerprint density at radius 3 is 2.18 bits per heavy atom. The molecule has 0 aliphatic carbocycles. The molecule has 4 N–H and O–H groups in total. The zero-order valence-electron chi connectivity index (χ0n) is 8.71. The monoisotopic (exact) mass is 234 g/mol. The van der Waals surface area contributed by atoms with E-state index in [4.69, 9.17) is 10.8 Å². The first-order valence-electron chi connectivity index (χ1n) is 4.61. The molecular weight excluding hydrogens is 224 g/mol. The van der Waals surface area contributed by atoms with Crippen LogP contribution in [0.1, 0.15) is 10.4 Å². The molecule has 0 spiro atoms. The first-order valence-corrected chi connectivity index (χ1v) is 4.61. The maximum Gasteiger partial charge on any atom is 0.328 e. The van der Waals surface area contributed by atoms with Crippen LogP contribution in [0.15, 0.2) is 36.4 Å². The van der Waals surface area contributed by atoms with Crippen molar-refractivity contribution in [1.82, 2.24) is 0 Å². The van der Waals surface area contributed by atoms with Crippen LogP contribution in [-0.4, -0.2) is 22.9 Å². The molecule has 0 saturated carbocycles. The van der Waals surface area contributed by atoms with Gasteiger partial charge in [0.15, 0.2) is 0 Å². The molecule has 0 atom stereocenters. The number of primary amides is 1. The summed E-state index contributed by atoms with van der Waals surface area (Å²) < 4.78 is 0. The highest BCUT2D eigenvalue weighted by atomic mass is 16.4. The van der Waals surface area contributed by atoms with E-state index in [0.29, 0.717) is 11.3 Å². The van der Waals surface area contributed by atoms with Gasteiger partial charge >= 0.3 is 5.97 Å². The van der Waals surface area contributed by atoms with Gasteiger partial charge in [-0.3, -0.25) is 9.59 Å². The van der Waals surface area contributed by atoms with E-state index < -0.39 is 17.8 Å². The molecular formula is C11H10N2O4. The van der Waals surface area contributed by atoms with Crippen LogP contribution in [0.2, 0.25) is 0 Å². The molecule has 0 radical (unpaired) electrons. The highest BCUT2D eigenvalue weighted by Crippen LogP contribution is 2.08. The average Bonchev–Trinajstić information content (AvgIpc) is 2.27. The van der Waals surface area contributed by atoms with Gasteiger partial charge in [-0.15, -0.1) is 0 Å². The number of carbonyl (C=O) groups is 3. The first kappa shape index (κ1) is 12.4. The Kier molecular flexibility index (Phi) is 3.99. The first-order chi connectivity index (χ1) is 7.99. The van der Waals surface area contributed by atoms with E-state index in [1.54, 1.807) is 0 Å². The predicted octanol–water partition coefficient (Wildman–Crippen LogP) is 0.365. The number of rotatable bonds is 4. The maximum absolute atomic E-state index is 11.2. The molecule has 6 nitrogen and oxygen atoms in total. The highest BCUT2D eigenvalue weighted by molar-refractivity contribution is 6.02. The summed E-state index contributed by atoms with van der Waals surface area (Å²) in [4.78, 5) is 32.1. The fraction of sp³-hybridized carbons (Fsp3) is 0. The molecule has 0 aliphatic rings. The molecule has 0 aromatic heterocycles. The normalized spacial score (nSPS) is 10.1. The van der Waals surface area contributed by atoms with Gasteiger partial charge in [-0.25, -0.2) is 4.79 Å². The third kappa shape index (κ3) is 4.17. The van der Waals surface area contributed by atoms with E-state index in [1.165, 1.54) is 24.3 Å². The van der Waals surface area contributed by atoms with Crippen molar-refractivity contribution in [2.45, 2.75) is 0 Å². The van der Waals surface area contributed by atoms with Crippen molar-refractivity contribution >= 4 is 23.5 Å². The number of benzene rings is 1. The summed E-state index contributed by atoms with van der Waals surface area (Å²) in [5.41, 5.74) is 5.81. The molecule has 0 bridgehead atoms. The van der Waals surface area contributed by atoms with Crippen LogP contribution in [0, 0.1) is 0 Å². The molecule has 1 rings (SSSR count). The maximum atomic E-state index is 11.2. The minimum atomic E-state index is -1.20. The van der Waals surface area contributed by atoms with Crippen LogP contribution in [0.4, 0.5) is 5.69 Å². The van der Waals surface area contributed by atoms with E-state index >= 15 is 0 Å². The van der Waals surface area contributed by atoms with Gasteiger partial charge in [0.25, 0.3) is 0 Å². The van der Waals surface area contributed by atoms with Crippen molar-refractivity contribution in [2.75, 3.05) is 5.32 Å². The topological polar surface area (TPSA) is 109 Å². The smallest absolute Gasteiger partial charge is 0.328 e. The van der Waals surface area contributed by atoms with Crippen molar-refractivity contribution < 1.29 is 19.5 Å². The van der Waals surface area contributed by atoms with E-state index in [1.807, 2.05) is 0 Å². The minimum absolute atomic E-state index is 0.323. The molecule has 2 amide bonds. The van der Waals surface area contributed by atoms with Crippen LogP contribution >= 0.6 is 0 Å². The van der Waals surface area contributed by atoms with Gasteiger partial charge in [0.1, 0.15) is 0 Å². The molecule has 0 heterocycles. The lowest BCUT2D eigenvalue weighted by Gasteiger charge is -2.02.